The Morgan fingerprint density at radius 3 is 3.29 bits per heavy atom. The summed E-state index contributed by atoms with van der Waals surface area (Å²) < 4.78 is 6.97. The number of anilines is 1. The molecule has 0 spiro atoms. The molecule has 0 aliphatic carbocycles. The molecule has 0 saturated carbocycles. The number of hydrogen-bond acceptors (Lipinski definition) is 6. The molecule has 2 heterocycles. The largest absolute Gasteiger partial charge is 0.368 e. The fourth-order valence-corrected chi connectivity index (χ4v) is 1.41. The highest BCUT2D eigenvalue weighted by Gasteiger charge is 2.31. The van der Waals surface area contributed by atoms with Gasteiger partial charge in [0.05, 0.1) is 6.20 Å². The van der Waals surface area contributed by atoms with Crippen LogP contribution in [0.5, 0.6) is 0 Å². The van der Waals surface area contributed by atoms with Gasteiger partial charge in [0.2, 0.25) is 5.95 Å². The normalized spacial score (nSPS) is 24.4. The molecule has 2 atom stereocenters. The van der Waals surface area contributed by atoms with Crippen LogP contribution in [0.3, 0.4) is 0 Å². The first-order valence-electron chi connectivity index (χ1n) is 4.24. The molecule has 0 unspecified atom stereocenters. The first kappa shape index (κ1) is 9.50. The molecule has 0 saturated heterocycles. The molecule has 1 aromatic rings. The van der Waals surface area contributed by atoms with E-state index >= 15 is 0 Å². The number of fused-ring (bicyclic) bond motifs is 1. The monoisotopic (exact) mass is 214 g/mol. The SMILES string of the molecule is CCO[C@H]1Nc2nc(=S)cnn2[C@@H]1O. The van der Waals surface area contributed by atoms with Crippen LogP contribution in [0.1, 0.15) is 13.2 Å². The molecule has 7 heteroatoms. The summed E-state index contributed by atoms with van der Waals surface area (Å²) in [6.07, 6.45) is 0.0581. The quantitative estimate of drug-likeness (QED) is 0.689. The van der Waals surface area contributed by atoms with Gasteiger partial charge in [-0.3, -0.25) is 0 Å². The Morgan fingerprint density at radius 1 is 1.79 bits per heavy atom. The lowest BCUT2D eigenvalue weighted by atomic mass is 10.5. The zero-order valence-corrected chi connectivity index (χ0v) is 8.36. The van der Waals surface area contributed by atoms with Gasteiger partial charge < -0.3 is 15.2 Å². The topological polar surface area (TPSA) is 72.2 Å². The summed E-state index contributed by atoms with van der Waals surface area (Å²) in [4.78, 5) is 4.00. The highest BCUT2D eigenvalue weighted by Crippen LogP contribution is 2.23. The van der Waals surface area contributed by atoms with E-state index in [2.05, 4.69) is 15.4 Å². The molecule has 0 amide bonds. The van der Waals surface area contributed by atoms with Crippen molar-refractivity contribution in [1.82, 2.24) is 14.8 Å². The van der Waals surface area contributed by atoms with Crippen LogP contribution in [0, 0.1) is 4.64 Å². The summed E-state index contributed by atoms with van der Waals surface area (Å²) in [5.74, 6) is 0.434. The van der Waals surface area contributed by atoms with E-state index in [1.165, 1.54) is 10.9 Å². The molecule has 0 radical (unpaired) electrons. The van der Waals surface area contributed by atoms with Crippen molar-refractivity contribution in [2.24, 2.45) is 0 Å². The first-order valence-corrected chi connectivity index (χ1v) is 4.65. The molecule has 1 aliphatic heterocycles. The van der Waals surface area contributed by atoms with Gasteiger partial charge in [0.1, 0.15) is 4.64 Å². The second-order valence-electron chi connectivity index (χ2n) is 2.80. The molecule has 2 N–H and O–H groups in total. The number of nitrogens with zero attached hydrogens (tertiary/aromatic N) is 3. The first-order chi connectivity index (χ1) is 6.72. The van der Waals surface area contributed by atoms with E-state index in [1.54, 1.807) is 0 Å². The van der Waals surface area contributed by atoms with Crippen LogP contribution in [0.2, 0.25) is 0 Å². The third-order valence-electron chi connectivity index (χ3n) is 1.86. The van der Waals surface area contributed by atoms with Crippen LogP contribution in [-0.4, -0.2) is 32.7 Å². The zero-order chi connectivity index (χ0) is 10.1. The van der Waals surface area contributed by atoms with E-state index in [9.17, 15) is 5.11 Å². The number of hydrogen-bond donors (Lipinski definition) is 2. The summed E-state index contributed by atoms with van der Waals surface area (Å²) in [7, 11) is 0. The lowest BCUT2D eigenvalue weighted by molar-refractivity contribution is -0.0449. The molecular formula is C7H10N4O2S. The summed E-state index contributed by atoms with van der Waals surface area (Å²) in [5.41, 5.74) is 0. The Hall–Kier alpha value is -1.05. The second-order valence-corrected chi connectivity index (χ2v) is 3.21. The maximum Gasteiger partial charge on any atom is 0.225 e. The van der Waals surface area contributed by atoms with Gasteiger partial charge in [-0.25, -0.2) is 4.98 Å². The maximum atomic E-state index is 9.70. The minimum absolute atomic E-state index is 0.382. The molecule has 1 aliphatic rings. The van der Waals surface area contributed by atoms with E-state index in [0.717, 1.165) is 0 Å². The predicted molar refractivity (Wildman–Crippen MR) is 51.1 cm³/mol. The Balaban J connectivity index is 2.30. The van der Waals surface area contributed by atoms with Crippen molar-refractivity contribution in [2.45, 2.75) is 19.4 Å². The van der Waals surface area contributed by atoms with Crippen molar-refractivity contribution in [2.75, 3.05) is 11.9 Å². The van der Waals surface area contributed by atoms with Crippen molar-refractivity contribution in [1.29, 1.82) is 0 Å². The Morgan fingerprint density at radius 2 is 2.57 bits per heavy atom. The van der Waals surface area contributed by atoms with Crippen LogP contribution >= 0.6 is 12.2 Å². The Kier molecular flexibility index (Phi) is 2.44. The third-order valence-corrected chi connectivity index (χ3v) is 2.06. The molecule has 2 rings (SSSR count). The van der Waals surface area contributed by atoms with Crippen LogP contribution in [0.25, 0.3) is 0 Å². The summed E-state index contributed by atoms with van der Waals surface area (Å²) in [6, 6.07) is 0. The molecular weight excluding hydrogens is 204 g/mol. The Labute approximate surface area is 85.5 Å². The number of aliphatic hydroxyl groups excluding tert-OH is 1. The standard InChI is InChI=1S/C7H10N4O2S/c1-2-13-5-6(12)11-7(10-5)9-4(14)3-8-11/h3,5-6,12H,2H2,1H3,(H,9,10,14)/t5-,6-/m1/s1. The maximum absolute atomic E-state index is 9.70. The van der Waals surface area contributed by atoms with Crippen molar-refractivity contribution in [3.05, 3.63) is 10.8 Å². The third kappa shape index (κ3) is 1.49. The van der Waals surface area contributed by atoms with Gasteiger partial charge in [-0.05, 0) is 6.92 Å². The number of nitrogens with one attached hydrogen (secondary N) is 1. The van der Waals surface area contributed by atoms with Crippen molar-refractivity contribution < 1.29 is 9.84 Å². The van der Waals surface area contributed by atoms with Crippen molar-refractivity contribution >= 4 is 18.2 Å². The van der Waals surface area contributed by atoms with Gasteiger partial charge in [-0.2, -0.15) is 9.78 Å². The summed E-state index contributed by atoms with van der Waals surface area (Å²) >= 11 is 4.85. The molecule has 76 valence electrons. The predicted octanol–water partition coefficient (Wildman–Crippen LogP) is 0.287. The van der Waals surface area contributed by atoms with Crippen molar-refractivity contribution in [3.8, 4) is 0 Å². The van der Waals surface area contributed by atoms with Crippen LogP contribution < -0.4 is 5.32 Å². The van der Waals surface area contributed by atoms with E-state index < -0.39 is 12.5 Å². The zero-order valence-electron chi connectivity index (χ0n) is 7.54. The fourth-order valence-electron chi connectivity index (χ4n) is 1.28. The average Bonchev–Trinajstić information content (AvgIpc) is 2.44. The van der Waals surface area contributed by atoms with Gasteiger partial charge in [-0.15, -0.1) is 0 Å². The second kappa shape index (κ2) is 3.60. The highest BCUT2D eigenvalue weighted by molar-refractivity contribution is 7.71. The lowest BCUT2D eigenvalue weighted by Crippen LogP contribution is -2.25. The van der Waals surface area contributed by atoms with E-state index in [0.29, 0.717) is 17.2 Å². The molecule has 6 nitrogen and oxygen atoms in total. The minimum atomic E-state index is -0.854. The van der Waals surface area contributed by atoms with E-state index in [1.807, 2.05) is 6.92 Å². The molecule has 14 heavy (non-hydrogen) atoms. The van der Waals surface area contributed by atoms with Crippen LogP contribution in [0.15, 0.2) is 6.20 Å². The fraction of sp³-hybridized carbons (Fsp3) is 0.571. The minimum Gasteiger partial charge on any atom is -0.368 e. The average molecular weight is 214 g/mol. The molecule has 0 bridgehead atoms. The van der Waals surface area contributed by atoms with Crippen molar-refractivity contribution in [3.63, 3.8) is 0 Å². The van der Waals surface area contributed by atoms with Gasteiger partial charge in [0, 0.05) is 6.61 Å². The van der Waals surface area contributed by atoms with Crippen LogP contribution in [0.4, 0.5) is 5.95 Å². The van der Waals surface area contributed by atoms with E-state index in [-0.39, 0.29) is 0 Å². The van der Waals surface area contributed by atoms with Gasteiger partial charge >= 0.3 is 0 Å². The number of aromatic nitrogens is 3. The van der Waals surface area contributed by atoms with E-state index in [4.69, 9.17) is 17.0 Å². The smallest absolute Gasteiger partial charge is 0.225 e. The highest BCUT2D eigenvalue weighted by atomic mass is 32.1. The van der Waals surface area contributed by atoms with Gasteiger partial charge in [0.25, 0.3) is 0 Å². The van der Waals surface area contributed by atoms with Crippen LogP contribution in [-0.2, 0) is 4.74 Å². The summed E-state index contributed by atoms with van der Waals surface area (Å²) in [5, 5.41) is 16.5. The number of rotatable bonds is 2. The molecule has 0 aromatic carbocycles. The summed E-state index contributed by atoms with van der Waals surface area (Å²) in [6.45, 7) is 2.35. The Bertz CT molecular complexity index is 394. The number of ether oxygens (including phenoxy) is 1. The number of aliphatic hydroxyl groups is 1. The molecule has 0 fully saturated rings. The van der Waals surface area contributed by atoms with Gasteiger partial charge in [0.15, 0.2) is 12.5 Å². The van der Waals surface area contributed by atoms with Gasteiger partial charge in [-0.1, -0.05) is 12.2 Å². The lowest BCUT2D eigenvalue weighted by Gasteiger charge is -2.13. The molecule has 1 aromatic heterocycles.